The SMILES string of the molecule is O=C(O)CC1(Cc2nc(-c3ccco3)no2)CCCC1. The Balaban J connectivity index is 1.77. The molecule has 6 nitrogen and oxygen atoms in total. The number of hydrogen-bond donors (Lipinski definition) is 1. The molecule has 3 rings (SSSR count). The summed E-state index contributed by atoms with van der Waals surface area (Å²) >= 11 is 0. The minimum absolute atomic E-state index is 0.158. The quantitative estimate of drug-likeness (QED) is 0.903. The van der Waals surface area contributed by atoms with Gasteiger partial charge in [0.15, 0.2) is 5.76 Å². The monoisotopic (exact) mass is 276 g/mol. The molecule has 2 aromatic rings. The van der Waals surface area contributed by atoms with E-state index in [9.17, 15) is 4.79 Å². The van der Waals surface area contributed by atoms with Gasteiger partial charge in [-0.15, -0.1) is 0 Å². The highest BCUT2D eigenvalue weighted by Crippen LogP contribution is 2.43. The van der Waals surface area contributed by atoms with Crippen molar-refractivity contribution >= 4 is 5.97 Å². The summed E-state index contributed by atoms with van der Waals surface area (Å²) in [6.07, 6.45) is 6.15. The molecule has 0 aromatic carbocycles. The number of aromatic nitrogens is 2. The summed E-state index contributed by atoms with van der Waals surface area (Å²) in [4.78, 5) is 15.4. The van der Waals surface area contributed by atoms with Crippen LogP contribution in [-0.4, -0.2) is 21.2 Å². The van der Waals surface area contributed by atoms with Crippen LogP contribution < -0.4 is 0 Å². The lowest BCUT2D eigenvalue weighted by Gasteiger charge is -2.24. The van der Waals surface area contributed by atoms with E-state index in [-0.39, 0.29) is 11.8 Å². The van der Waals surface area contributed by atoms with Crippen LogP contribution in [0.4, 0.5) is 0 Å². The molecular weight excluding hydrogens is 260 g/mol. The summed E-state index contributed by atoms with van der Waals surface area (Å²) in [6, 6.07) is 3.52. The number of carboxylic acids is 1. The molecule has 2 heterocycles. The normalized spacial score (nSPS) is 17.4. The minimum atomic E-state index is -0.766. The van der Waals surface area contributed by atoms with Crippen molar-refractivity contribution in [2.24, 2.45) is 5.41 Å². The lowest BCUT2D eigenvalue weighted by atomic mass is 9.79. The molecule has 20 heavy (non-hydrogen) atoms. The fourth-order valence-electron chi connectivity index (χ4n) is 3.02. The van der Waals surface area contributed by atoms with Gasteiger partial charge in [-0.3, -0.25) is 4.79 Å². The largest absolute Gasteiger partial charge is 0.481 e. The van der Waals surface area contributed by atoms with Gasteiger partial charge in [-0.25, -0.2) is 0 Å². The molecule has 1 aliphatic rings. The van der Waals surface area contributed by atoms with Gasteiger partial charge in [0.1, 0.15) is 0 Å². The summed E-state index contributed by atoms with van der Waals surface area (Å²) in [5, 5.41) is 13.0. The van der Waals surface area contributed by atoms with E-state index in [1.807, 2.05) is 0 Å². The zero-order valence-electron chi connectivity index (χ0n) is 11.0. The first-order valence-electron chi connectivity index (χ1n) is 6.75. The highest BCUT2D eigenvalue weighted by Gasteiger charge is 2.38. The van der Waals surface area contributed by atoms with Crippen LogP contribution in [0.2, 0.25) is 0 Å². The van der Waals surface area contributed by atoms with Gasteiger partial charge in [0, 0.05) is 6.42 Å². The van der Waals surface area contributed by atoms with Crippen LogP contribution in [0, 0.1) is 5.41 Å². The maximum atomic E-state index is 11.1. The van der Waals surface area contributed by atoms with E-state index in [1.54, 1.807) is 18.4 Å². The third kappa shape index (κ3) is 2.59. The van der Waals surface area contributed by atoms with Crippen LogP contribution in [0.3, 0.4) is 0 Å². The molecule has 0 saturated heterocycles. The van der Waals surface area contributed by atoms with E-state index in [1.165, 1.54) is 0 Å². The standard InChI is InChI=1S/C14H16N2O4/c17-12(18)9-14(5-1-2-6-14)8-11-15-13(16-20-11)10-4-3-7-19-10/h3-4,7H,1-2,5-6,8-9H2,(H,17,18). The van der Waals surface area contributed by atoms with Crippen molar-refractivity contribution in [2.45, 2.75) is 38.5 Å². The average Bonchev–Trinajstić information content (AvgIpc) is 3.08. The molecule has 0 bridgehead atoms. The molecule has 6 heteroatoms. The van der Waals surface area contributed by atoms with Crippen LogP contribution >= 0.6 is 0 Å². The van der Waals surface area contributed by atoms with Crippen LogP contribution in [0.5, 0.6) is 0 Å². The second-order valence-electron chi connectivity index (χ2n) is 5.44. The van der Waals surface area contributed by atoms with Gasteiger partial charge in [-0.1, -0.05) is 18.0 Å². The number of furan rings is 1. The average molecular weight is 276 g/mol. The Morgan fingerprint density at radius 2 is 2.20 bits per heavy atom. The van der Waals surface area contributed by atoms with Crippen LogP contribution in [0.25, 0.3) is 11.6 Å². The van der Waals surface area contributed by atoms with E-state index in [2.05, 4.69) is 10.1 Å². The molecule has 0 aliphatic heterocycles. The Morgan fingerprint density at radius 1 is 1.40 bits per heavy atom. The Morgan fingerprint density at radius 3 is 2.85 bits per heavy atom. The number of aliphatic carboxylic acids is 1. The highest BCUT2D eigenvalue weighted by molar-refractivity contribution is 5.67. The number of hydrogen-bond acceptors (Lipinski definition) is 5. The Kier molecular flexibility index (Phi) is 3.30. The molecule has 1 fully saturated rings. The van der Waals surface area contributed by atoms with E-state index in [4.69, 9.17) is 14.0 Å². The Labute approximate surface area is 115 Å². The second-order valence-corrected chi connectivity index (χ2v) is 5.44. The topological polar surface area (TPSA) is 89.4 Å². The smallest absolute Gasteiger partial charge is 0.303 e. The van der Waals surface area contributed by atoms with Crippen LogP contribution in [-0.2, 0) is 11.2 Å². The maximum absolute atomic E-state index is 11.1. The van der Waals surface area contributed by atoms with Crippen molar-refractivity contribution in [3.05, 3.63) is 24.3 Å². The molecule has 0 unspecified atom stereocenters. The summed E-state index contributed by atoms with van der Waals surface area (Å²) in [5.41, 5.74) is -0.237. The third-order valence-electron chi connectivity index (χ3n) is 3.93. The zero-order valence-corrected chi connectivity index (χ0v) is 11.0. The molecular formula is C14H16N2O4. The molecule has 0 atom stereocenters. The van der Waals surface area contributed by atoms with E-state index < -0.39 is 5.97 Å². The maximum Gasteiger partial charge on any atom is 0.303 e. The van der Waals surface area contributed by atoms with Gasteiger partial charge >= 0.3 is 5.97 Å². The van der Waals surface area contributed by atoms with Crippen LogP contribution in [0.15, 0.2) is 27.3 Å². The van der Waals surface area contributed by atoms with Crippen molar-refractivity contribution < 1.29 is 18.8 Å². The zero-order chi connectivity index (χ0) is 14.0. The molecule has 0 spiro atoms. The van der Waals surface area contributed by atoms with Gasteiger partial charge in [-0.2, -0.15) is 4.98 Å². The van der Waals surface area contributed by atoms with Gasteiger partial charge < -0.3 is 14.0 Å². The number of rotatable bonds is 5. The molecule has 1 saturated carbocycles. The molecule has 1 aliphatic carbocycles. The van der Waals surface area contributed by atoms with Gasteiger partial charge in [0.05, 0.1) is 12.7 Å². The molecule has 2 aromatic heterocycles. The van der Waals surface area contributed by atoms with Crippen LogP contribution in [0.1, 0.15) is 38.0 Å². The second kappa shape index (κ2) is 5.11. The summed E-state index contributed by atoms with van der Waals surface area (Å²) in [5.74, 6) is 0.685. The Bertz CT molecular complexity index is 582. The first-order chi connectivity index (χ1) is 9.67. The predicted octanol–water partition coefficient (Wildman–Crippen LogP) is 2.91. The van der Waals surface area contributed by atoms with E-state index >= 15 is 0 Å². The summed E-state index contributed by atoms with van der Waals surface area (Å²) in [7, 11) is 0. The van der Waals surface area contributed by atoms with Gasteiger partial charge in [0.2, 0.25) is 11.7 Å². The summed E-state index contributed by atoms with van der Waals surface area (Å²) in [6.45, 7) is 0. The first-order valence-corrected chi connectivity index (χ1v) is 6.75. The lowest BCUT2D eigenvalue weighted by Crippen LogP contribution is -2.23. The molecule has 1 N–H and O–H groups in total. The minimum Gasteiger partial charge on any atom is -0.481 e. The molecule has 0 radical (unpaired) electrons. The fourth-order valence-corrected chi connectivity index (χ4v) is 3.02. The summed E-state index contributed by atoms with van der Waals surface area (Å²) < 4.78 is 10.5. The van der Waals surface area contributed by atoms with Crippen molar-refractivity contribution in [1.29, 1.82) is 0 Å². The number of nitrogens with zero attached hydrogens (tertiary/aromatic N) is 2. The van der Waals surface area contributed by atoms with Gasteiger partial charge in [0.25, 0.3) is 0 Å². The predicted molar refractivity (Wildman–Crippen MR) is 68.9 cm³/mol. The van der Waals surface area contributed by atoms with Crippen molar-refractivity contribution in [1.82, 2.24) is 10.1 Å². The third-order valence-corrected chi connectivity index (χ3v) is 3.93. The number of carboxylic acid groups (broad SMARTS) is 1. The van der Waals surface area contributed by atoms with Crippen molar-refractivity contribution in [3.63, 3.8) is 0 Å². The van der Waals surface area contributed by atoms with Crippen molar-refractivity contribution in [2.75, 3.05) is 0 Å². The van der Waals surface area contributed by atoms with E-state index in [0.29, 0.717) is 23.9 Å². The fraction of sp³-hybridized carbons (Fsp3) is 0.500. The Hall–Kier alpha value is -2.11. The first kappa shape index (κ1) is 12.9. The van der Waals surface area contributed by atoms with Crippen molar-refractivity contribution in [3.8, 4) is 11.6 Å². The van der Waals surface area contributed by atoms with Gasteiger partial charge in [-0.05, 0) is 30.4 Å². The highest BCUT2D eigenvalue weighted by atomic mass is 16.5. The molecule has 106 valence electrons. The molecule has 0 amide bonds. The van der Waals surface area contributed by atoms with E-state index in [0.717, 1.165) is 25.7 Å². The lowest BCUT2D eigenvalue weighted by molar-refractivity contribution is -0.139. The number of carbonyl (C=O) groups is 1.